The third-order valence-corrected chi connectivity index (χ3v) is 6.02. The molecule has 6 heteroatoms. The van der Waals surface area contributed by atoms with Crippen LogP contribution in [0.5, 0.6) is 0 Å². The van der Waals surface area contributed by atoms with E-state index in [4.69, 9.17) is 0 Å². The molecule has 20 heavy (non-hydrogen) atoms. The minimum absolute atomic E-state index is 0.179. The Labute approximate surface area is 130 Å². The maximum atomic E-state index is 12.3. The third-order valence-electron chi connectivity index (χ3n) is 4.14. The molecule has 2 aliphatic rings. The molecule has 2 fully saturated rings. The second-order valence-corrected chi connectivity index (χ2v) is 7.29. The van der Waals surface area contributed by atoms with Gasteiger partial charge in [-0.3, -0.25) is 14.5 Å². The molecule has 0 bridgehead atoms. The number of amides is 1. The van der Waals surface area contributed by atoms with E-state index in [1.54, 1.807) is 0 Å². The van der Waals surface area contributed by atoms with E-state index in [0.717, 1.165) is 35.3 Å². The first kappa shape index (κ1) is 14.2. The summed E-state index contributed by atoms with van der Waals surface area (Å²) >= 11 is 4.91. The lowest BCUT2D eigenvalue weighted by atomic mass is 9.85. The van der Waals surface area contributed by atoms with E-state index in [1.807, 2.05) is 11.4 Å². The maximum Gasteiger partial charge on any atom is 0.220 e. The van der Waals surface area contributed by atoms with Gasteiger partial charge in [-0.2, -0.15) is 0 Å². The van der Waals surface area contributed by atoms with Crippen LogP contribution in [0.4, 0.5) is 0 Å². The zero-order valence-electron chi connectivity index (χ0n) is 11.1. The first-order chi connectivity index (χ1) is 9.63. The largest absolute Gasteiger partial charge is 0.353 e. The van der Waals surface area contributed by atoms with Crippen LogP contribution in [-0.2, 0) is 4.79 Å². The minimum atomic E-state index is 0.179. The smallest absolute Gasteiger partial charge is 0.220 e. The monoisotopic (exact) mass is 356 g/mol. The first-order valence-electron chi connectivity index (χ1n) is 6.91. The molecule has 1 amide bonds. The van der Waals surface area contributed by atoms with Gasteiger partial charge in [0.25, 0.3) is 0 Å². The lowest BCUT2D eigenvalue weighted by Gasteiger charge is -2.41. The number of piperidine rings is 2. The van der Waals surface area contributed by atoms with Crippen molar-refractivity contribution in [1.29, 1.82) is 0 Å². The van der Waals surface area contributed by atoms with Gasteiger partial charge in [0.1, 0.15) is 0 Å². The van der Waals surface area contributed by atoms with Crippen LogP contribution in [0.15, 0.2) is 15.9 Å². The van der Waals surface area contributed by atoms with Gasteiger partial charge in [0, 0.05) is 30.0 Å². The number of carbonyl (C=O) groups is 2. The molecule has 2 aliphatic heterocycles. The number of nitrogens with one attached hydrogen (secondary N) is 1. The normalized spacial score (nSPS) is 26.9. The summed E-state index contributed by atoms with van der Waals surface area (Å²) in [5.41, 5.74) is 0. The van der Waals surface area contributed by atoms with Crippen LogP contribution in [-0.4, -0.2) is 42.3 Å². The van der Waals surface area contributed by atoms with Crippen LogP contribution in [0.3, 0.4) is 0 Å². The lowest BCUT2D eigenvalue weighted by molar-refractivity contribution is -0.125. The Morgan fingerprint density at radius 3 is 3.10 bits per heavy atom. The molecule has 0 spiro atoms. The Kier molecular flexibility index (Phi) is 4.23. The van der Waals surface area contributed by atoms with E-state index in [1.165, 1.54) is 11.3 Å². The summed E-state index contributed by atoms with van der Waals surface area (Å²) in [6.45, 7) is 2.28. The van der Waals surface area contributed by atoms with Gasteiger partial charge in [-0.1, -0.05) is 0 Å². The number of Topliss-reactive ketones (excluding diaryl/α,β-unsaturated/α-hetero) is 1. The van der Waals surface area contributed by atoms with E-state index < -0.39 is 0 Å². The summed E-state index contributed by atoms with van der Waals surface area (Å²) in [4.78, 5) is 26.7. The van der Waals surface area contributed by atoms with Gasteiger partial charge >= 0.3 is 0 Å². The number of fused-ring (bicyclic) bond motifs is 1. The Morgan fingerprint density at radius 1 is 1.50 bits per heavy atom. The highest BCUT2D eigenvalue weighted by Gasteiger charge is 2.34. The number of carbonyl (C=O) groups excluding carboxylic acids is 2. The van der Waals surface area contributed by atoms with Crippen molar-refractivity contribution in [3.63, 3.8) is 0 Å². The first-order valence-corrected chi connectivity index (χ1v) is 8.58. The van der Waals surface area contributed by atoms with Gasteiger partial charge in [0.2, 0.25) is 5.91 Å². The summed E-state index contributed by atoms with van der Waals surface area (Å²) in [5.74, 6) is 0.865. The molecule has 2 saturated heterocycles. The van der Waals surface area contributed by atoms with Crippen molar-refractivity contribution in [2.24, 2.45) is 5.92 Å². The molecule has 2 atom stereocenters. The molecular formula is C14H17BrN2O2S. The molecule has 0 aliphatic carbocycles. The van der Waals surface area contributed by atoms with Gasteiger partial charge in [-0.05, 0) is 46.1 Å². The number of hydrogen-bond acceptors (Lipinski definition) is 4. The summed E-state index contributed by atoms with van der Waals surface area (Å²) < 4.78 is 0.896. The predicted octanol–water partition coefficient (Wildman–Crippen LogP) is 2.29. The standard InChI is InChI=1S/C14H17BrN2O2S/c15-10-4-6-20-14(10)12(18)8-17-5-3-11-9(7-17)1-2-13(19)16-11/h4,6,9,11H,1-3,5,7-8H2,(H,16,19). The predicted molar refractivity (Wildman–Crippen MR) is 82.1 cm³/mol. The molecular weight excluding hydrogens is 340 g/mol. The number of halogens is 1. The van der Waals surface area contributed by atoms with E-state index >= 15 is 0 Å². The van der Waals surface area contributed by atoms with Crippen LogP contribution >= 0.6 is 27.3 Å². The second kappa shape index (κ2) is 5.95. The highest BCUT2D eigenvalue weighted by molar-refractivity contribution is 9.10. The average Bonchev–Trinajstić information content (AvgIpc) is 2.85. The number of rotatable bonds is 3. The Morgan fingerprint density at radius 2 is 2.35 bits per heavy atom. The third kappa shape index (κ3) is 2.97. The van der Waals surface area contributed by atoms with Crippen molar-refractivity contribution in [2.45, 2.75) is 25.3 Å². The minimum Gasteiger partial charge on any atom is -0.353 e. The zero-order valence-corrected chi connectivity index (χ0v) is 13.5. The highest BCUT2D eigenvalue weighted by atomic mass is 79.9. The van der Waals surface area contributed by atoms with Gasteiger partial charge in [-0.15, -0.1) is 11.3 Å². The molecule has 1 aromatic rings. The van der Waals surface area contributed by atoms with Gasteiger partial charge in [0.15, 0.2) is 5.78 Å². The van der Waals surface area contributed by atoms with E-state index in [-0.39, 0.29) is 11.7 Å². The Balaban J connectivity index is 1.59. The molecule has 108 valence electrons. The number of hydrogen-bond donors (Lipinski definition) is 1. The fourth-order valence-corrected chi connectivity index (χ4v) is 4.62. The summed E-state index contributed by atoms with van der Waals surface area (Å²) in [5, 5.41) is 5.00. The van der Waals surface area contributed by atoms with Crippen molar-refractivity contribution < 1.29 is 9.59 Å². The summed E-state index contributed by atoms with van der Waals surface area (Å²) in [7, 11) is 0. The van der Waals surface area contributed by atoms with Gasteiger partial charge in [-0.25, -0.2) is 0 Å². The molecule has 1 aromatic heterocycles. The maximum absolute atomic E-state index is 12.3. The van der Waals surface area contributed by atoms with Crippen LogP contribution in [0.2, 0.25) is 0 Å². The van der Waals surface area contributed by atoms with Gasteiger partial charge < -0.3 is 5.32 Å². The molecule has 0 radical (unpaired) electrons. The fraction of sp³-hybridized carbons (Fsp3) is 0.571. The molecule has 2 unspecified atom stereocenters. The fourth-order valence-electron chi connectivity index (χ4n) is 3.10. The second-order valence-electron chi connectivity index (χ2n) is 5.52. The molecule has 4 nitrogen and oxygen atoms in total. The number of ketones is 1. The van der Waals surface area contributed by atoms with Crippen molar-refractivity contribution >= 4 is 39.0 Å². The Hall–Kier alpha value is -0.720. The number of nitrogens with zero attached hydrogens (tertiary/aromatic N) is 1. The molecule has 1 N–H and O–H groups in total. The molecule has 0 aromatic carbocycles. The van der Waals surface area contributed by atoms with Crippen LogP contribution in [0, 0.1) is 5.92 Å². The van der Waals surface area contributed by atoms with Crippen LogP contribution in [0.1, 0.15) is 28.9 Å². The van der Waals surface area contributed by atoms with Crippen molar-refractivity contribution in [2.75, 3.05) is 19.6 Å². The summed E-state index contributed by atoms with van der Waals surface area (Å²) in [6, 6.07) is 2.23. The molecule has 3 rings (SSSR count). The van der Waals surface area contributed by atoms with Crippen molar-refractivity contribution in [3.8, 4) is 0 Å². The van der Waals surface area contributed by atoms with E-state index in [0.29, 0.717) is 24.9 Å². The topological polar surface area (TPSA) is 49.4 Å². The quantitative estimate of drug-likeness (QED) is 0.845. The number of likely N-dealkylation sites (tertiary alicyclic amines) is 1. The lowest BCUT2D eigenvalue weighted by Crippen LogP contribution is -2.54. The molecule has 3 heterocycles. The van der Waals surface area contributed by atoms with E-state index in [9.17, 15) is 9.59 Å². The SMILES string of the molecule is O=C1CCC2CN(CC(=O)c3sccc3Br)CCC2N1. The van der Waals surface area contributed by atoms with E-state index in [2.05, 4.69) is 26.1 Å². The van der Waals surface area contributed by atoms with Crippen molar-refractivity contribution in [3.05, 3.63) is 20.8 Å². The summed E-state index contributed by atoms with van der Waals surface area (Å²) in [6.07, 6.45) is 2.53. The van der Waals surface area contributed by atoms with Crippen LogP contribution in [0.25, 0.3) is 0 Å². The highest BCUT2D eigenvalue weighted by Crippen LogP contribution is 2.27. The van der Waals surface area contributed by atoms with Crippen LogP contribution < -0.4 is 5.32 Å². The number of thiophene rings is 1. The average molecular weight is 357 g/mol. The Bertz CT molecular complexity index is 531. The van der Waals surface area contributed by atoms with Crippen molar-refractivity contribution in [1.82, 2.24) is 10.2 Å². The molecule has 0 saturated carbocycles. The zero-order chi connectivity index (χ0) is 14.1. The van der Waals surface area contributed by atoms with Gasteiger partial charge in [0.05, 0.1) is 11.4 Å².